The van der Waals surface area contributed by atoms with E-state index in [4.69, 9.17) is 23.1 Å². The molecule has 1 fully saturated rings. The van der Waals surface area contributed by atoms with Gasteiger partial charge < -0.3 is 16.0 Å². The molecule has 2 aliphatic heterocycles. The average Bonchev–Trinajstić information content (AvgIpc) is 2.75. The zero-order chi connectivity index (χ0) is 23.1. The first kappa shape index (κ1) is 22.6. The molecule has 0 aliphatic carbocycles. The summed E-state index contributed by atoms with van der Waals surface area (Å²) >= 11 is 6.01. The molecule has 1 saturated heterocycles. The Bertz CT molecular complexity index is 1130. The Labute approximate surface area is 193 Å². The number of nitrogens with zero attached hydrogens (tertiary/aromatic N) is 3. The summed E-state index contributed by atoms with van der Waals surface area (Å²) in [5.41, 5.74) is 14.7. The van der Waals surface area contributed by atoms with Crippen molar-refractivity contribution in [3.63, 3.8) is 0 Å². The van der Waals surface area contributed by atoms with Gasteiger partial charge in [-0.15, -0.1) is 0 Å². The zero-order valence-corrected chi connectivity index (χ0v) is 19.3. The molecule has 5 N–H and O–H groups in total. The van der Waals surface area contributed by atoms with Crippen molar-refractivity contribution in [2.75, 3.05) is 44.3 Å². The molecule has 2 aromatic rings. The lowest BCUT2D eigenvalue weighted by molar-refractivity contribution is 0.0946. The van der Waals surface area contributed by atoms with E-state index in [1.54, 1.807) is 12.1 Å². The lowest BCUT2D eigenvalue weighted by Gasteiger charge is -2.40. The van der Waals surface area contributed by atoms with Crippen LogP contribution in [0, 0.1) is 17.7 Å². The SMILES string of the molecule is CN1CCN(C(C)(C)C#Cc2cc3c(cc2N)NC=NC3(N)c2ccc(F)c(Cl)c2)CC1. The summed E-state index contributed by atoms with van der Waals surface area (Å²) < 4.78 is 13.7. The van der Waals surface area contributed by atoms with Crippen LogP contribution in [0.5, 0.6) is 0 Å². The highest BCUT2D eigenvalue weighted by Crippen LogP contribution is 2.39. The van der Waals surface area contributed by atoms with Gasteiger partial charge in [-0.05, 0) is 45.2 Å². The van der Waals surface area contributed by atoms with Crippen LogP contribution in [-0.4, -0.2) is 54.9 Å². The molecule has 0 aromatic heterocycles. The fourth-order valence-electron chi connectivity index (χ4n) is 4.06. The number of hydrogen-bond donors (Lipinski definition) is 3. The molecule has 2 heterocycles. The topological polar surface area (TPSA) is 82.9 Å². The Morgan fingerprint density at radius 2 is 1.91 bits per heavy atom. The summed E-state index contributed by atoms with van der Waals surface area (Å²) in [6.07, 6.45) is 1.51. The summed E-state index contributed by atoms with van der Waals surface area (Å²) in [6, 6.07) is 8.05. The molecule has 1 atom stereocenters. The lowest BCUT2D eigenvalue weighted by atomic mass is 9.88. The van der Waals surface area contributed by atoms with E-state index in [2.05, 4.69) is 52.8 Å². The van der Waals surface area contributed by atoms with Crippen LogP contribution in [0.15, 0.2) is 35.3 Å². The van der Waals surface area contributed by atoms with E-state index in [9.17, 15) is 4.39 Å². The van der Waals surface area contributed by atoms with Gasteiger partial charge in [-0.2, -0.15) is 0 Å². The monoisotopic (exact) mass is 454 g/mol. The molecular formula is C24H28ClFN6. The van der Waals surface area contributed by atoms with Crippen LogP contribution >= 0.6 is 11.6 Å². The number of hydrogen-bond acceptors (Lipinski definition) is 6. The van der Waals surface area contributed by atoms with Crippen molar-refractivity contribution in [1.82, 2.24) is 9.80 Å². The number of piperazine rings is 1. The van der Waals surface area contributed by atoms with E-state index in [1.165, 1.54) is 18.5 Å². The number of nitrogens with two attached hydrogens (primary N) is 2. The molecule has 2 aliphatic rings. The molecule has 8 heteroatoms. The number of aliphatic imine (C=N–C) groups is 1. The summed E-state index contributed by atoms with van der Waals surface area (Å²) in [5.74, 6) is 6.16. The molecule has 6 nitrogen and oxygen atoms in total. The van der Waals surface area contributed by atoms with Crippen LogP contribution in [0.1, 0.15) is 30.5 Å². The highest BCUT2D eigenvalue weighted by molar-refractivity contribution is 6.30. The number of nitrogen functional groups attached to an aromatic ring is 1. The van der Waals surface area contributed by atoms with Gasteiger partial charge >= 0.3 is 0 Å². The fourth-order valence-corrected chi connectivity index (χ4v) is 4.24. The second kappa shape index (κ2) is 8.38. The maximum Gasteiger partial charge on any atom is 0.163 e. The molecule has 0 radical (unpaired) electrons. The predicted octanol–water partition coefficient (Wildman–Crippen LogP) is 3.05. The van der Waals surface area contributed by atoms with Crippen molar-refractivity contribution in [2.45, 2.75) is 25.0 Å². The van der Waals surface area contributed by atoms with E-state index in [0.29, 0.717) is 22.4 Å². The minimum Gasteiger partial charge on any atom is -0.398 e. The molecule has 0 bridgehead atoms. The first-order valence-corrected chi connectivity index (χ1v) is 10.9. The normalized spacial score (nSPS) is 21.4. The highest BCUT2D eigenvalue weighted by atomic mass is 35.5. The van der Waals surface area contributed by atoms with E-state index < -0.39 is 11.5 Å². The van der Waals surface area contributed by atoms with Crippen LogP contribution in [0.3, 0.4) is 0 Å². The fraction of sp³-hybridized carbons (Fsp3) is 0.375. The molecule has 4 rings (SSSR count). The number of anilines is 2. The van der Waals surface area contributed by atoms with Crippen LogP contribution in [0.25, 0.3) is 0 Å². The van der Waals surface area contributed by atoms with Crippen molar-refractivity contribution < 1.29 is 4.39 Å². The second-order valence-corrected chi connectivity index (χ2v) is 9.29. The summed E-state index contributed by atoms with van der Waals surface area (Å²) in [7, 11) is 2.13. The average molecular weight is 455 g/mol. The third-order valence-corrected chi connectivity index (χ3v) is 6.53. The van der Waals surface area contributed by atoms with Crippen LogP contribution < -0.4 is 16.8 Å². The van der Waals surface area contributed by atoms with E-state index >= 15 is 0 Å². The van der Waals surface area contributed by atoms with Crippen molar-refractivity contribution in [2.24, 2.45) is 10.7 Å². The molecule has 2 aromatic carbocycles. The zero-order valence-electron chi connectivity index (χ0n) is 18.5. The van der Waals surface area contributed by atoms with Crippen molar-refractivity contribution in [3.05, 3.63) is 57.9 Å². The van der Waals surface area contributed by atoms with E-state index in [-0.39, 0.29) is 10.6 Å². The number of benzene rings is 2. The third-order valence-electron chi connectivity index (χ3n) is 6.25. The maximum atomic E-state index is 13.7. The predicted molar refractivity (Wildman–Crippen MR) is 129 cm³/mol. The Balaban J connectivity index is 1.71. The number of rotatable bonds is 2. The van der Waals surface area contributed by atoms with E-state index in [1.807, 2.05) is 6.07 Å². The van der Waals surface area contributed by atoms with Crippen LogP contribution in [0.4, 0.5) is 15.8 Å². The summed E-state index contributed by atoms with van der Waals surface area (Å²) in [6.45, 7) is 8.22. The van der Waals surface area contributed by atoms with Crippen molar-refractivity contribution >= 4 is 29.3 Å². The van der Waals surface area contributed by atoms with Gasteiger partial charge in [0.15, 0.2) is 5.66 Å². The molecule has 0 spiro atoms. The van der Waals surface area contributed by atoms with Crippen molar-refractivity contribution in [1.29, 1.82) is 0 Å². The molecule has 32 heavy (non-hydrogen) atoms. The smallest absolute Gasteiger partial charge is 0.163 e. The Hall–Kier alpha value is -2.63. The highest BCUT2D eigenvalue weighted by Gasteiger charge is 2.35. The number of halogens is 2. The van der Waals surface area contributed by atoms with Gasteiger partial charge in [0.2, 0.25) is 0 Å². The number of nitrogens with one attached hydrogen (secondary N) is 1. The maximum absolute atomic E-state index is 13.7. The van der Waals surface area contributed by atoms with Crippen LogP contribution in [-0.2, 0) is 5.66 Å². The number of likely N-dealkylation sites (N-methyl/N-ethyl adjacent to an activating group) is 1. The lowest BCUT2D eigenvalue weighted by Crippen LogP contribution is -2.53. The standard InChI is InChI=1S/C24H28ClFN6/c1-23(2,32-10-8-31(3)9-11-32)7-6-16-12-18-22(14-21(16)27)29-15-30-24(18,28)17-4-5-20(26)19(25)13-17/h4-5,12-15H,8-11,27-28H2,1-3H3,(H,29,30). The second-order valence-electron chi connectivity index (χ2n) is 8.88. The molecule has 1 unspecified atom stereocenters. The van der Waals surface area contributed by atoms with Gasteiger partial charge in [-0.1, -0.05) is 29.5 Å². The van der Waals surface area contributed by atoms with Gasteiger partial charge in [0.1, 0.15) is 5.82 Å². The summed E-state index contributed by atoms with van der Waals surface area (Å²) in [5, 5.41) is 3.08. The first-order chi connectivity index (χ1) is 15.1. The van der Waals surface area contributed by atoms with Gasteiger partial charge in [0.25, 0.3) is 0 Å². The molecule has 0 saturated carbocycles. The summed E-state index contributed by atoms with van der Waals surface area (Å²) in [4.78, 5) is 9.16. The van der Waals surface area contributed by atoms with Crippen molar-refractivity contribution in [3.8, 4) is 11.8 Å². The largest absolute Gasteiger partial charge is 0.398 e. The minimum atomic E-state index is -1.24. The Kier molecular flexibility index (Phi) is 5.91. The quantitative estimate of drug-likeness (QED) is 0.480. The van der Waals surface area contributed by atoms with Gasteiger partial charge in [-0.3, -0.25) is 10.6 Å². The van der Waals surface area contributed by atoms with E-state index in [0.717, 1.165) is 31.9 Å². The number of fused-ring (bicyclic) bond motifs is 1. The Morgan fingerprint density at radius 3 is 2.59 bits per heavy atom. The third kappa shape index (κ3) is 4.19. The van der Waals surface area contributed by atoms with Crippen LogP contribution in [0.2, 0.25) is 5.02 Å². The van der Waals surface area contributed by atoms with Gasteiger partial charge in [-0.25, -0.2) is 9.38 Å². The molecular weight excluding hydrogens is 427 g/mol. The van der Waals surface area contributed by atoms with Gasteiger partial charge in [0, 0.05) is 54.2 Å². The molecule has 0 amide bonds. The Morgan fingerprint density at radius 1 is 1.19 bits per heavy atom. The van der Waals surface area contributed by atoms with Gasteiger partial charge in [0.05, 0.1) is 16.9 Å². The first-order valence-electron chi connectivity index (χ1n) is 10.6. The minimum absolute atomic E-state index is 0.00741. The molecule has 168 valence electrons.